The highest BCUT2D eigenvalue weighted by Crippen LogP contribution is 2.21. The molecule has 0 saturated heterocycles. The zero-order valence-electron chi connectivity index (χ0n) is 13.5. The van der Waals surface area contributed by atoms with Crippen LogP contribution in [0.4, 0.5) is 5.69 Å². The van der Waals surface area contributed by atoms with E-state index < -0.39 is 0 Å². The molecule has 1 rings (SSSR count). The molecular formula is C16H25N3O2. The van der Waals surface area contributed by atoms with Crippen LogP contribution in [0.25, 0.3) is 0 Å². The van der Waals surface area contributed by atoms with E-state index in [1.807, 2.05) is 51.9 Å². The molecule has 0 radical (unpaired) electrons. The highest BCUT2D eigenvalue weighted by atomic mass is 16.2. The third-order valence-electron chi connectivity index (χ3n) is 3.14. The van der Waals surface area contributed by atoms with Crippen molar-refractivity contribution >= 4 is 17.5 Å². The monoisotopic (exact) mass is 291 g/mol. The topological polar surface area (TPSA) is 61.4 Å². The number of hydrogen-bond acceptors (Lipinski definition) is 3. The molecule has 1 aromatic rings. The maximum atomic E-state index is 11.9. The van der Waals surface area contributed by atoms with Gasteiger partial charge in [0.15, 0.2) is 0 Å². The Balaban J connectivity index is 2.53. The molecule has 2 amide bonds. The average molecular weight is 291 g/mol. The first-order valence-corrected chi connectivity index (χ1v) is 7.08. The summed E-state index contributed by atoms with van der Waals surface area (Å²) in [6.45, 7) is 7.22. The van der Waals surface area contributed by atoms with Crippen LogP contribution in [0.3, 0.4) is 0 Å². The smallest absolute Gasteiger partial charge is 0.233 e. The van der Waals surface area contributed by atoms with Crippen molar-refractivity contribution in [2.45, 2.75) is 27.2 Å². The minimum absolute atomic E-state index is 0.153. The summed E-state index contributed by atoms with van der Waals surface area (Å²) in [5.41, 5.74) is 3.97. The molecule has 5 heteroatoms. The van der Waals surface area contributed by atoms with E-state index in [1.165, 1.54) is 0 Å². The van der Waals surface area contributed by atoms with Gasteiger partial charge in [-0.15, -0.1) is 0 Å². The van der Waals surface area contributed by atoms with Gasteiger partial charge in [0, 0.05) is 18.8 Å². The highest BCUT2D eigenvalue weighted by Gasteiger charge is 2.12. The summed E-state index contributed by atoms with van der Waals surface area (Å²) >= 11 is 0. The molecule has 0 heterocycles. The van der Waals surface area contributed by atoms with Gasteiger partial charge in [0.05, 0.1) is 0 Å². The van der Waals surface area contributed by atoms with Gasteiger partial charge < -0.3 is 15.5 Å². The van der Waals surface area contributed by atoms with Gasteiger partial charge in [-0.1, -0.05) is 17.7 Å². The Hall–Kier alpha value is -1.88. The minimum Gasteiger partial charge on any atom is -0.354 e. The van der Waals surface area contributed by atoms with Crippen LogP contribution >= 0.6 is 0 Å². The largest absolute Gasteiger partial charge is 0.354 e. The number of benzene rings is 1. The summed E-state index contributed by atoms with van der Waals surface area (Å²) in [5.74, 6) is -0.538. The summed E-state index contributed by atoms with van der Waals surface area (Å²) in [6, 6.07) is 4.03. The van der Waals surface area contributed by atoms with Crippen molar-refractivity contribution < 1.29 is 9.59 Å². The van der Waals surface area contributed by atoms with Crippen LogP contribution in [0, 0.1) is 20.8 Å². The predicted octanol–water partition coefficient (Wildman–Crippen LogP) is 1.62. The van der Waals surface area contributed by atoms with Gasteiger partial charge in [0.1, 0.15) is 6.42 Å². The molecule has 5 nitrogen and oxygen atoms in total. The number of carbonyl (C=O) groups excluding carboxylic acids is 2. The van der Waals surface area contributed by atoms with Crippen molar-refractivity contribution in [3.63, 3.8) is 0 Å². The van der Waals surface area contributed by atoms with Gasteiger partial charge in [-0.25, -0.2) is 0 Å². The number of amides is 2. The lowest BCUT2D eigenvalue weighted by molar-refractivity contribution is -0.126. The van der Waals surface area contributed by atoms with E-state index in [2.05, 4.69) is 10.6 Å². The zero-order valence-corrected chi connectivity index (χ0v) is 13.5. The fraction of sp³-hybridized carbons (Fsp3) is 0.500. The molecule has 0 aromatic heterocycles. The Morgan fingerprint density at radius 3 is 2.14 bits per heavy atom. The lowest BCUT2D eigenvalue weighted by Gasteiger charge is -2.13. The van der Waals surface area contributed by atoms with Crippen LogP contribution in [0.5, 0.6) is 0 Å². The summed E-state index contributed by atoms with van der Waals surface area (Å²) in [7, 11) is 3.86. The molecule has 21 heavy (non-hydrogen) atoms. The second kappa shape index (κ2) is 7.78. The van der Waals surface area contributed by atoms with E-state index in [1.54, 1.807) is 0 Å². The van der Waals surface area contributed by atoms with Crippen molar-refractivity contribution in [2.75, 3.05) is 32.5 Å². The lowest BCUT2D eigenvalue weighted by Crippen LogP contribution is -2.33. The standard InChI is InChI=1S/C16H25N3O2/c1-11-8-12(2)16(13(3)9-11)18-15(21)10-14(20)17-6-7-19(4)5/h8-9H,6-7,10H2,1-5H3,(H,17,20)(H,18,21). The van der Waals surface area contributed by atoms with E-state index in [9.17, 15) is 9.59 Å². The SMILES string of the molecule is Cc1cc(C)c(NC(=O)CC(=O)NCCN(C)C)c(C)c1. The summed E-state index contributed by atoms with van der Waals surface area (Å²) in [5, 5.41) is 5.55. The second-order valence-electron chi connectivity index (χ2n) is 5.65. The molecular weight excluding hydrogens is 266 g/mol. The number of rotatable bonds is 6. The van der Waals surface area contributed by atoms with E-state index >= 15 is 0 Å². The van der Waals surface area contributed by atoms with Crippen molar-refractivity contribution in [1.82, 2.24) is 10.2 Å². The van der Waals surface area contributed by atoms with Crippen LogP contribution in [-0.4, -0.2) is 43.9 Å². The van der Waals surface area contributed by atoms with Crippen molar-refractivity contribution in [1.29, 1.82) is 0 Å². The van der Waals surface area contributed by atoms with Crippen molar-refractivity contribution in [2.24, 2.45) is 0 Å². The first-order chi connectivity index (χ1) is 9.79. The predicted molar refractivity (Wildman–Crippen MR) is 85.5 cm³/mol. The van der Waals surface area contributed by atoms with Gasteiger partial charge in [-0.2, -0.15) is 0 Å². The minimum atomic E-state index is -0.285. The molecule has 0 aliphatic carbocycles. The third kappa shape index (κ3) is 5.95. The molecule has 0 unspecified atom stereocenters. The van der Waals surface area contributed by atoms with Crippen molar-refractivity contribution in [3.8, 4) is 0 Å². The molecule has 0 fully saturated rings. The molecule has 0 aliphatic heterocycles. The van der Waals surface area contributed by atoms with Gasteiger partial charge in [-0.05, 0) is 46.0 Å². The number of hydrogen-bond donors (Lipinski definition) is 2. The lowest BCUT2D eigenvalue weighted by atomic mass is 10.1. The molecule has 0 saturated carbocycles. The molecule has 0 bridgehead atoms. The Morgan fingerprint density at radius 1 is 1.05 bits per heavy atom. The number of nitrogens with one attached hydrogen (secondary N) is 2. The van der Waals surface area contributed by atoms with Crippen LogP contribution in [0.1, 0.15) is 23.1 Å². The maximum Gasteiger partial charge on any atom is 0.233 e. The first-order valence-electron chi connectivity index (χ1n) is 7.08. The van der Waals surface area contributed by atoms with Crippen LogP contribution in [0.15, 0.2) is 12.1 Å². The number of anilines is 1. The van der Waals surface area contributed by atoms with Gasteiger partial charge >= 0.3 is 0 Å². The van der Waals surface area contributed by atoms with Gasteiger partial charge in [0.2, 0.25) is 11.8 Å². The quantitative estimate of drug-likeness (QED) is 0.783. The zero-order chi connectivity index (χ0) is 16.0. The van der Waals surface area contributed by atoms with E-state index in [-0.39, 0.29) is 18.2 Å². The highest BCUT2D eigenvalue weighted by molar-refractivity contribution is 6.04. The molecule has 0 spiro atoms. The maximum absolute atomic E-state index is 11.9. The Kier molecular flexibility index (Phi) is 6.37. The molecule has 1 aromatic carbocycles. The van der Waals surface area contributed by atoms with Crippen LogP contribution < -0.4 is 10.6 Å². The first kappa shape index (κ1) is 17.2. The van der Waals surface area contributed by atoms with E-state index in [0.717, 1.165) is 28.9 Å². The molecule has 0 aliphatic rings. The number of aryl methyl sites for hydroxylation is 3. The summed E-state index contributed by atoms with van der Waals surface area (Å²) in [6.07, 6.45) is -0.153. The number of likely N-dealkylation sites (N-methyl/N-ethyl adjacent to an activating group) is 1. The van der Waals surface area contributed by atoms with Crippen LogP contribution in [0.2, 0.25) is 0 Å². The van der Waals surface area contributed by atoms with Crippen LogP contribution in [-0.2, 0) is 9.59 Å². The summed E-state index contributed by atoms with van der Waals surface area (Å²) < 4.78 is 0. The molecule has 116 valence electrons. The van der Waals surface area contributed by atoms with Gasteiger partial charge in [0.25, 0.3) is 0 Å². The Labute approximate surface area is 126 Å². The summed E-state index contributed by atoms with van der Waals surface area (Å²) in [4.78, 5) is 25.6. The van der Waals surface area contributed by atoms with Gasteiger partial charge in [-0.3, -0.25) is 9.59 Å². The third-order valence-corrected chi connectivity index (χ3v) is 3.14. The van der Waals surface area contributed by atoms with E-state index in [0.29, 0.717) is 6.54 Å². The Bertz CT molecular complexity index is 501. The average Bonchev–Trinajstić information content (AvgIpc) is 2.33. The number of nitrogens with zero attached hydrogens (tertiary/aromatic N) is 1. The Morgan fingerprint density at radius 2 is 1.62 bits per heavy atom. The number of carbonyl (C=O) groups is 2. The van der Waals surface area contributed by atoms with E-state index in [4.69, 9.17) is 0 Å². The fourth-order valence-corrected chi connectivity index (χ4v) is 2.19. The normalized spacial score (nSPS) is 10.6. The molecule has 0 atom stereocenters. The molecule has 2 N–H and O–H groups in total. The fourth-order valence-electron chi connectivity index (χ4n) is 2.19. The van der Waals surface area contributed by atoms with Crippen molar-refractivity contribution in [3.05, 3.63) is 28.8 Å². The second-order valence-corrected chi connectivity index (χ2v) is 5.65.